The van der Waals surface area contributed by atoms with Crippen LogP contribution >= 0.6 is 0 Å². The first kappa shape index (κ1) is 16.0. The van der Waals surface area contributed by atoms with Crippen molar-refractivity contribution in [2.24, 2.45) is 5.92 Å². The van der Waals surface area contributed by atoms with Gasteiger partial charge in [0.2, 0.25) is 0 Å². The summed E-state index contributed by atoms with van der Waals surface area (Å²) in [5.41, 5.74) is 0. The van der Waals surface area contributed by atoms with Crippen molar-refractivity contribution in [3.63, 3.8) is 0 Å². The quantitative estimate of drug-likeness (QED) is 0.267. The topological polar surface area (TPSA) is 66.4 Å². The Bertz CT molecular complexity index is 191. The van der Waals surface area contributed by atoms with Gasteiger partial charge in [-0.25, -0.2) is 0 Å². The van der Waals surface area contributed by atoms with Crippen LogP contribution < -0.4 is 24.0 Å². The van der Waals surface area contributed by atoms with E-state index in [1.807, 2.05) is 0 Å². The Morgan fingerprint density at radius 2 is 1.86 bits per heavy atom. The molecule has 0 radical (unpaired) electrons. The fourth-order valence-corrected chi connectivity index (χ4v) is 0.935. The molecule has 76 valence electrons. The molecule has 0 aliphatic rings. The number of aliphatic carboxylic acids is 1. The van der Waals surface area contributed by atoms with Crippen molar-refractivity contribution in [3.05, 3.63) is 0 Å². The van der Waals surface area contributed by atoms with E-state index in [2.05, 4.69) is 0 Å². The summed E-state index contributed by atoms with van der Waals surface area (Å²) in [5.74, 6) is -3.17. The molecule has 14 heavy (non-hydrogen) atoms. The molecule has 0 aliphatic heterocycles. The maximum absolute atomic E-state index is 11.1. The molecule has 0 aromatic carbocycles. The Morgan fingerprint density at radius 1 is 1.36 bits per heavy atom. The molecule has 0 spiro atoms. The van der Waals surface area contributed by atoms with E-state index in [0.29, 0.717) is 6.42 Å². The average molecular weight is 194 g/mol. The summed E-state index contributed by atoms with van der Waals surface area (Å²) >= 11 is 0. The second kappa shape index (κ2) is 7.90. The van der Waals surface area contributed by atoms with Gasteiger partial charge in [0.1, 0.15) is 0 Å². The van der Waals surface area contributed by atoms with E-state index in [1.165, 1.54) is 0 Å². The van der Waals surface area contributed by atoms with Crippen LogP contribution in [0.4, 0.5) is 0 Å². The van der Waals surface area contributed by atoms with E-state index in [4.69, 9.17) is 4.74 Å². The van der Waals surface area contributed by atoms with Gasteiger partial charge in [-0.15, -0.1) is 0 Å². The number of carbonyl (C=O) groups is 2. The zero-order valence-electron chi connectivity index (χ0n) is 9.20. The van der Waals surface area contributed by atoms with Gasteiger partial charge in [-0.1, -0.05) is 13.3 Å². The van der Waals surface area contributed by atoms with E-state index in [1.54, 1.807) is 20.8 Å². The number of carboxylic acid groups (broad SMARTS) is 1. The number of carbonyl (C=O) groups excluding carboxylic acids is 2. The van der Waals surface area contributed by atoms with E-state index >= 15 is 0 Å². The van der Waals surface area contributed by atoms with Crippen LogP contribution in [0, 0.1) is 5.92 Å². The normalized spacial score (nSPS) is 11.7. The predicted octanol–water partition coefficient (Wildman–Crippen LogP) is -2.89. The van der Waals surface area contributed by atoms with E-state index in [0.717, 1.165) is 0 Å². The fourth-order valence-electron chi connectivity index (χ4n) is 0.935. The van der Waals surface area contributed by atoms with Gasteiger partial charge in [0.05, 0.1) is 18.0 Å². The van der Waals surface area contributed by atoms with Crippen LogP contribution in [0.2, 0.25) is 0 Å². The minimum absolute atomic E-state index is 0. The van der Waals surface area contributed by atoms with Crippen LogP contribution in [0.5, 0.6) is 0 Å². The number of rotatable bonds is 5. The SMILES string of the molecule is CCCC(C(=O)[O-])C(=O)OC(C)C.[Li+]. The second-order valence-corrected chi connectivity index (χ2v) is 3.15. The van der Waals surface area contributed by atoms with E-state index in [-0.39, 0.29) is 31.4 Å². The van der Waals surface area contributed by atoms with Gasteiger partial charge in [0.25, 0.3) is 0 Å². The standard InChI is InChI=1S/C9H16O4.Li/c1-4-5-7(8(10)11)9(12)13-6(2)3;/h6-7H,4-5H2,1-3H3,(H,10,11);/q;+1/p-1. The molecule has 0 saturated heterocycles. The third-order valence-corrected chi connectivity index (χ3v) is 1.50. The largest absolute Gasteiger partial charge is 1.00 e. The van der Waals surface area contributed by atoms with E-state index in [9.17, 15) is 14.7 Å². The summed E-state index contributed by atoms with van der Waals surface area (Å²) in [6.45, 7) is 5.16. The Labute approximate surface area is 96.2 Å². The van der Waals surface area contributed by atoms with Gasteiger partial charge in [0.15, 0.2) is 0 Å². The molecule has 4 nitrogen and oxygen atoms in total. The van der Waals surface area contributed by atoms with Crippen molar-refractivity contribution < 1.29 is 38.3 Å². The molecule has 0 aromatic heterocycles. The molecule has 1 unspecified atom stereocenters. The smallest absolute Gasteiger partial charge is 0.549 e. The maximum Gasteiger partial charge on any atom is 1.00 e. The van der Waals surface area contributed by atoms with Crippen molar-refractivity contribution in [1.82, 2.24) is 0 Å². The molecule has 0 aliphatic carbocycles. The summed E-state index contributed by atoms with van der Waals surface area (Å²) in [4.78, 5) is 21.6. The predicted molar refractivity (Wildman–Crippen MR) is 44.6 cm³/mol. The zero-order chi connectivity index (χ0) is 10.4. The first-order valence-corrected chi connectivity index (χ1v) is 4.40. The summed E-state index contributed by atoms with van der Waals surface area (Å²) in [6.07, 6.45) is 0.603. The average Bonchev–Trinajstić information content (AvgIpc) is 1.97. The molecule has 0 N–H and O–H groups in total. The van der Waals surface area contributed by atoms with Crippen molar-refractivity contribution in [2.45, 2.75) is 39.7 Å². The minimum atomic E-state index is -1.35. The first-order chi connectivity index (χ1) is 5.99. The van der Waals surface area contributed by atoms with Gasteiger partial charge >= 0.3 is 24.8 Å². The Hall–Kier alpha value is -0.463. The second-order valence-electron chi connectivity index (χ2n) is 3.15. The molecule has 0 bridgehead atoms. The van der Waals surface area contributed by atoms with Crippen LogP contribution in [-0.4, -0.2) is 18.0 Å². The molecule has 0 saturated carbocycles. The molecular formula is C9H15LiO4. The number of carboxylic acids is 1. The third kappa shape index (κ3) is 6.06. The van der Waals surface area contributed by atoms with Gasteiger partial charge in [0, 0.05) is 0 Å². The van der Waals surface area contributed by atoms with Gasteiger partial charge < -0.3 is 14.6 Å². The Kier molecular flexibility index (Phi) is 9.02. The zero-order valence-corrected chi connectivity index (χ0v) is 9.20. The van der Waals surface area contributed by atoms with Crippen LogP contribution in [0.1, 0.15) is 33.6 Å². The molecule has 0 rings (SSSR count). The molecule has 1 atom stereocenters. The maximum atomic E-state index is 11.1. The summed E-state index contributed by atoms with van der Waals surface area (Å²) in [7, 11) is 0. The number of hydrogen-bond donors (Lipinski definition) is 0. The van der Waals surface area contributed by atoms with Crippen LogP contribution in [0.15, 0.2) is 0 Å². The number of esters is 1. The summed E-state index contributed by atoms with van der Waals surface area (Å²) in [6, 6.07) is 0. The first-order valence-electron chi connectivity index (χ1n) is 4.40. The summed E-state index contributed by atoms with van der Waals surface area (Å²) < 4.78 is 4.77. The van der Waals surface area contributed by atoms with Gasteiger partial charge in [-0.3, -0.25) is 4.79 Å². The van der Waals surface area contributed by atoms with Crippen molar-refractivity contribution in [3.8, 4) is 0 Å². The van der Waals surface area contributed by atoms with Crippen LogP contribution in [0.3, 0.4) is 0 Å². The fraction of sp³-hybridized carbons (Fsp3) is 0.778. The molecular weight excluding hydrogens is 179 g/mol. The van der Waals surface area contributed by atoms with Gasteiger partial charge in [-0.2, -0.15) is 0 Å². The van der Waals surface area contributed by atoms with Gasteiger partial charge in [-0.05, 0) is 20.3 Å². The molecule has 0 aromatic rings. The molecule has 5 heteroatoms. The van der Waals surface area contributed by atoms with Crippen LogP contribution in [-0.2, 0) is 14.3 Å². The minimum Gasteiger partial charge on any atom is -0.549 e. The van der Waals surface area contributed by atoms with Crippen molar-refractivity contribution >= 4 is 11.9 Å². The number of hydrogen-bond acceptors (Lipinski definition) is 4. The Balaban J connectivity index is 0. The summed E-state index contributed by atoms with van der Waals surface area (Å²) in [5, 5.41) is 10.5. The van der Waals surface area contributed by atoms with Crippen molar-refractivity contribution in [2.75, 3.05) is 0 Å². The molecule has 0 amide bonds. The van der Waals surface area contributed by atoms with Crippen molar-refractivity contribution in [1.29, 1.82) is 0 Å². The van der Waals surface area contributed by atoms with E-state index < -0.39 is 17.9 Å². The number of ether oxygens (including phenoxy) is 1. The third-order valence-electron chi connectivity index (χ3n) is 1.50. The monoisotopic (exact) mass is 194 g/mol. The van der Waals surface area contributed by atoms with Crippen LogP contribution in [0.25, 0.3) is 0 Å². The molecule has 0 fully saturated rings. The molecule has 0 heterocycles. The Morgan fingerprint density at radius 3 is 2.14 bits per heavy atom.